The zero-order chi connectivity index (χ0) is 8.81. The Morgan fingerprint density at radius 1 is 1.67 bits per heavy atom. The van der Waals surface area contributed by atoms with Gasteiger partial charge in [0.25, 0.3) is 0 Å². The Morgan fingerprint density at radius 3 is 3.08 bits per heavy atom. The SMILES string of the molecule is CCCC(=O)CC1CNCCO1. The van der Waals surface area contributed by atoms with Gasteiger partial charge in [0.2, 0.25) is 0 Å². The van der Waals surface area contributed by atoms with E-state index in [9.17, 15) is 4.79 Å². The number of carbonyl (C=O) groups excluding carboxylic acids is 1. The molecule has 1 rings (SSSR count). The second kappa shape index (κ2) is 5.27. The molecule has 1 fully saturated rings. The first kappa shape index (κ1) is 9.68. The van der Waals surface area contributed by atoms with Crippen LogP contribution >= 0.6 is 0 Å². The highest BCUT2D eigenvalue weighted by molar-refractivity contribution is 5.78. The van der Waals surface area contributed by atoms with E-state index in [1.807, 2.05) is 6.92 Å². The molecular formula is C9H17NO2. The van der Waals surface area contributed by atoms with E-state index >= 15 is 0 Å². The molecular weight excluding hydrogens is 154 g/mol. The van der Waals surface area contributed by atoms with Crippen LogP contribution in [0, 0.1) is 0 Å². The van der Waals surface area contributed by atoms with Crippen LogP contribution in [0.15, 0.2) is 0 Å². The molecule has 0 bridgehead atoms. The first-order valence-corrected chi connectivity index (χ1v) is 4.67. The summed E-state index contributed by atoms with van der Waals surface area (Å²) >= 11 is 0. The van der Waals surface area contributed by atoms with E-state index in [4.69, 9.17) is 4.74 Å². The number of carbonyl (C=O) groups is 1. The lowest BCUT2D eigenvalue weighted by Gasteiger charge is -2.22. The molecule has 1 N–H and O–H groups in total. The van der Waals surface area contributed by atoms with Crippen LogP contribution in [0.25, 0.3) is 0 Å². The Morgan fingerprint density at radius 2 is 2.50 bits per heavy atom. The van der Waals surface area contributed by atoms with Gasteiger partial charge in [0, 0.05) is 25.9 Å². The van der Waals surface area contributed by atoms with Gasteiger partial charge in [0.15, 0.2) is 0 Å². The third-order valence-corrected chi connectivity index (χ3v) is 1.99. The van der Waals surface area contributed by atoms with Crippen molar-refractivity contribution in [3.8, 4) is 0 Å². The van der Waals surface area contributed by atoms with Crippen molar-refractivity contribution in [2.24, 2.45) is 0 Å². The van der Waals surface area contributed by atoms with Crippen LogP contribution in [0.4, 0.5) is 0 Å². The molecule has 1 heterocycles. The topological polar surface area (TPSA) is 38.3 Å². The van der Waals surface area contributed by atoms with Gasteiger partial charge in [-0.25, -0.2) is 0 Å². The second-order valence-corrected chi connectivity index (χ2v) is 3.19. The van der Waals surface area contributed by atoms with Gasteiger partial charge in [-0.15, -0.1) is 0 Å². The average Bonchev–Trinajstić information content (AvgIpc) is 2.06. The molecule has 0 radical (unpaired) electrons. The maximum Gasteiger partial charge on any atom is 0.135 e. The molecule has 1 atom stereocenters. The van der Waals surface area contributed by atoms with E-state index in [1.54, 1.807) is 0 Å². The third-order valence-electron chi connectivity index (χ3n) is 1.99. The van der Waals surface area contributed by atoms with Gasteiger partial charge in [0.1, 0.15) is 5.78 Å². The number of rotatable bonds is 4. The van der Waals surface area contributed by atoms with E-state index in [1.165, 1.54) is 0 Å². The number of ether oxygens (including phenoxy) is 1. The number of morpholine rings is 1. The molecule has 1 unspecified atom stereocenters. The number of Topliss-reactive ketones (excluding diaryl/α,β-unsaturated/α-hetero) is 1. The first-order valence-electron chi connectivity index (χ1n) is 4.67. The Bertz CT molecular complexity index is 141. The summed E-state index contributed by atoms with van der Waals surface area (Å²) in [5, 5.41) is 3.21. The lowest BCUT2D eigenvalue weighted by molar-refractivity contribution is -0.122. The van der Waals surface area contributed by atoms with E-state index in [2.05, 4.69) is 5.32 Å². The Kier molecular flexibility index (Phi) is 4.25. The van der Waals surface area contributed by atoms with Gasteiger partial charge in [0.05, 0.1) is 12.7 Å². The normalized spacial score (nSPS) is 23.9. The van der Waals surface area contributed by atoms with Gasteiger partial charge >= 0.3 is 0 Å². The first-order chi connectivity index (χ1) is 5.83. The van der Waals surface area contributed by atoms with Crippen molar-refractivity contribution < 1.29 is 9.53 Å². The molecule has 3 heteroatoms. The maximum absolute atomic E-state index is 11.2. The number of hydrogen-bond acceptors (Lipinski definition) is 3. The highest BCUT2D eigenvalue weighted by Gasteiger charge is 2.16. The van der Waals surface area contributed by atoms with E-state index < -0.39 is 0 Å². The van der Waals surface area contributed by atoms with Crippen LogP contribution < -0.4 is 5.32 Å². The quantitative estimate of drug-likeness (QED) is 0.677. The molecule has 0 aliphatic carbocycles. The fraction of sp³-hybridized carbons (Fsp3) is 0.889. The molecule has 0 aromatic heterocycles. The summed E-state index contributed by atoms with van der Waals surface area (Å²) in [5.41, 5.74) is 0. The highest BCUT2D eigenvalue weighted by Crippen LogP contribution is 2.04. The summed E-state index contributed by atoms with van der Waals surface area (Å²) in [7, 11) is 0. The summed E-state index contributed by atoms with van der Waals surface area (Å²) in [6.45, 7) is 4.51. The zero-order valence-corrected chi connectivity index (χ0v) is 7.64. The van der Waals surface area contributed by atoms with E-state index in [0.717, 1.165) is 26.1 Å². The average molecular weight is 171 g/mol. The molecule has 0 aromatic rings. The van der Waals surface area contributed by atoms with Crippen LogP contribution in [-0.2, 0) is 9.53 Å². The fourth-order valence-electron chi connectivity index (χ4n) is 1.39. The van der Waals surface area contributed by atoms with Crippen molar-refractivity contribution >= 4 is 5.78 Å². The number of nitrogens with one attached hydrogen (secondary N) is 1. The van der Waals surface area contributed by atoms with Crippen molar-refractivity contribution in [1.82, 2.24) is 5.32 Å². The number of ketones is 1. The molecule has 1 saturated heterocycles. The molecule has 0 saturated carbocycles. The molecule has 0 spiro atoms. The molecule has 12 heavy (non-hydrogen) atoms. The molecule has 0 aromatic carbocycles. The molecule has 1 aliphatic rings. The lowest BCUT2D eigenvalue weighted by Crippen LogP contribution is -2.39. The minimum atomic E-state index is 0.123. The van der Waals surface area contributed by atoms with Crippen molar-refractivity contribution in [3.05, 3.63) is 0 Å². The minimum Gasteiger partial charge on any atom is -0.375 e. The second-order valence-electron chi connectivity index (χ2n) is 3.19. The van der Waals surface area contributed by atoms with Crippen molar-refractivity contribution in [2.75, 3.05) is 19.7 Å². The summed E-state index contributed by atoms with van der Waals surface area (Å²) in [6, 6.07) is 0. The maximum atomic E-state index is 11.2. The van der Waals surface area contributed by atoms with Crippen LogP contribution in [0.5, 0.6) is 0 Å². The lowest BCUT2D eigenvalue weighted by atomic mass is 10.1. The third kappa shape index (κ3) is 3.32. The smallest absolute Gasteiger partial charge is 0.135 e. The van der Waals surface area contributed by atoms with E-state index in [-0.39, 0.29) is 6.10 Å². The zero-order valence-electron chi connectivity index (χ0n) is 7.64. The van der Waals surface area contributed by atoms with Gasteiger partial charge in [-0.05, 0) is 6.42 Å². The van der Waals surface area contributed by atoms with Gasteiger partial charge < -0.3 is 10.1 Å². The molecule has 0 amide bonds. The van der Waals surface area contributed by atoms with Gasteiger partial charge in [-0.2, -0.15) is 0 Å². The van der Waals surface area contributed by atoms with Crippen LogP contribution in [-0.4, -0.2) is 31.6 Å². The summed E-state index contributed by atoms with van der Waals surface area (Å²) in [4.78, 5) is 11.2. The monoisotopic (exact) mass is 171 g/mol. The van der Waals surface area contributed by atoms with Crippen LogP contribution in [0.3, 0.4) is 0 Å². The van der Waals surface area contributed by atoms with Crippen molar-refractivity contribution in [2.45, 2.75) is 32.3 Å². The Balaban J connectivity index is 2.15. The Hall–Kier alpha value is -0.410. The summed E-state index contributed by atoms with van der Waals surface area (Å²) in [6.07, 6.45) is 2.34. The minimum absolute atomic E-state index is 0.123. The van der Waals surface area contributed by atoms with Gasteiger partial charge in [-0.1, -0.05) is 6.92 Å². The van der Waals surface area contributed by atoms with Gasteiger partial charge in [-0.3, -0.25) is 4.79 Å². The fourth-order valence-corrected chi connectivity index (χ4v) is 1.39. The summed E-state index contributed by atoms with van der Waals surface area (Å²) in [5.74, 6) is 0.325. The molecule has 3 nitrogen and oxygen atoms in total. The number of hydrogen-bond donors (Lipinski definition) is 1. The molecule has 1 aliphatic heterocycles. The van der Waals surface area contributed by atoms with Crippen LogP contribution in [0.1, 0.15) is 26.2 Å². The predicted molar refractivity (Wildman–Crippen MR) is 47.1 cm³/mol. The van der Waals surface area contributed by atoms with E-state index in [0.29, 0.717) is 18.6 Å². The Labute approximate surface area is 73.5 Å². The van der Waals surface area contributed by atoms with Crippen molar-refractivity contribution in [1.29, 1.82) is 0 Å². The largest absolute Gasteiger partial charge is 0.375 e. The standard InChI is InChI=1S/C9H17NO2/c1-2-3-8(11)6-9-7-10-4-5-12-9/h9-10H,2-7H2,1H3. The molecule has 70 valence electrons. The van der Waals surface area contributed by atoms with Crippen molar-refractivity contribution in [3.63, 3.8) is 0 Å². The predicted octanol–water partition coefficient (Wildman–Crippen LogP) is 0.734. The van der Waals surface area contributed by atoms with Crippen LogP contribution in [0.2, 0.25) is 0 Å². The summed E-state index contributed by atoms with van der Waals surface area (Å²) < 4.78 is 5.41. The highest BCUT2D eigenvalue weighted by atomic mass is 16.5.